The van der Waals surface area contributed by atoms with Crippen LogP contribution in [0.3, 0.4) is 0 Å². The van der Waals surface area contributed by atoms with Gasteiger partial charge < -0.3 is 23.5 Å². The lowest BCUT2D eigenvalue weighted by Gasteiger charge is -2.12. The van der Waals surface area contributed by atoms with Crippen LogP contribution >= 0.6 is 34.8 Å². The average Bonchev–Trinajstić information content (AvgIpc) is 3.31. The second-order valence-electron chi connectivity index (χ2n) is 9.32. The summed E-state index contributed by atoms with van der Waals surface area (Å²) < 4.78 is 25.2. The highest BCUT2D eigenvalue weighted by Crippen LogP contribution is 2.32. The molecular weight excluding hydrogens is 609 g/mol. The van der Waals surface area contributed by atoms with Crippen LogP contribution in [0.15, 0.2) is 91.0 Å². The third-order valence-electron chi connectivity index (χ3n) is 6.58. The van der Waals surface area contributed by atoms with Crippen LogP contribution in [0.5, 0.6) is 17.2 Å². The number of halogens is 3. The Morgan fingerprint density at radius 3 is 2.09 bits per heavy atom. The van der Waals surface area contributed by atoms with Gasteiger partial charge in [-0.3, -0.25) is 0 Å². The number of aromatic nitrogens is 1. The molecule has 0 saturated carbocycles. The first kappa shape index (κ1) is 30.2. The van der Waals surface area contributed by atoms with Crippen LogP contribution in [0.25, 0.3) is 10.9 Å². The Hall–Kier alpha value is -4.28. The van der Waals surface area contributed by atoms with Crippen molar-refractivity contribution in [3.05, 3.63) is 123 Å². The van der Waals surface area contributed by atoms with Gasteiger partial charge in [-0.25, -0.2) is 4.79 Å². The van der Waals surface area contributed by atoms with Gasteiger partial charge in [0.05, 0.1) is 24.9 Å². The molecule has 0 aliphatic heterocycles. The van der Waals surface area contributed by atoms with Crippen LogP contribution < -0.4 is 14.2 Å². The van der Waals surface area contributed by atoms with E-state index in [9.17, 15) is 4.79 Å². The Labute approximate surface area is 264 Å². The fourth-order valence-electron chi connectivity index (χ4n) is 4.44. The molecule has 0 radical (unpaired) electrons. The number of hydrogen-bond donors (Lipinski definition) is 0. The second-order valence-corrected chi connectivity index (χ2v) is 10.6. The van der Waals surface area contributed by atoms with Crippen molar-refractivity contribution in [3.8, 4) is 29.1 Å². The molecule has 0 N–H and O–H groups in total. The van der Waals surface area contributed by atoms with Gasteiger partial charge in [0.2, 0.25) is 0 Å². The van der Waals surface area contributed by atoms with E-state index in [0.717, 1.165) is 22.2 Å². The summed E-state index contributed by atoms with van der Waals surface area (Å²) in [6.07, 6.45) is 0. The van der Waals surface area contributed by atoms with Gasteiger partial charge in [0.25, 0.3) is 0 Å². The zero-order chi connectivity index (χ0) is 30.2. The molecule has 0 bridgehead atoms. The van der Waals surface area contributed by atoms with Crippen molar-refractivity contribution < 1.29 is 23.7 Å². The number of carbonyl (C=O) groups excluding carboxylic acids is 1. The first-order chi connectivity index (χ1) is 20.9. The molecular formula is C34H26Cl3NO5. The van der Waals surface area contributed by atoms with Gasteiger partial charge in [0.15, 0.2) is 0 Å². The fraction of sp³-hybridized carbons (Fsp3) is 0.147. The molecule has 9 heteroatoms. The predicted molar refractivity (Wildman–Crippen MR) is 170 cm³/mol. The van der Waals surface area contributed by atoms with Gasteiger partial charge in [0.1, 0.15) is 37.1 Å². The molecule has 0 aliphatic carbocycles. The monoisotopic (exact) mass is 633 g/mol. The number of fused-ring (bicyclic) bond motifs is 1. The number of rotatable bonds is 10. The zero-order valence-electron chi connectivity index (χ0n) is 23.1. The molecule has 4 aromatic carbocycles. The molecule has 0 unspecified atom stereocenters. The summed E-state index contributed by atoms with van der Waals surface area (Å²) in [7, 11) is 1.60. The molecule has 43 heavy (non-hydrogen) atoms. The molecule has 5 rings (SSSR count). The standard InChI is InChI=1S/C34H26Cl3NO5/c1-40-29-15-16-32-30(20-29)31(21-43-34(39)23-5-4-6-26(37)19-23)33(22-42-28-13-9-25(36)10-14-28)38(32)17-2-3-18-41-27-11-7-24(35)8-12-27/h4-16,19-20H,17-18,21-22H2,1H3. The Balaban J connectivity index is 1.46. The van der Waals surface area contributed by atoms with Crippen molar-refractivity contribution in [2.24, 2.45) is 0 Å². The Kier molecular flexibility index (Phi) is 10.0. The lowest BCUT2D eigenvalue weighted by Crippen LogP contribution is -2.10. The third-order valence-corrected chi connectivity index (χ3v) is 7.32. The maximum atomic E-state index is 12.9. The minimum Gasteiger partial charge on any atom is -0.497 e. The fourth-order valence-corrected chi connectivity index (χ4v) is 4.89. The van der Waals surface area contributed by atoms with Crippen LogP contribution in [0.2, 0.25) is 15.1 Å². The van der Waals surface area contributed by atoms with E-state index in [1.807, 2.05) is 22.8 Å². The summed E-state index contributed by atoms with van der Waals surface area (Å²) in [6.45, 7) is 0.726. The number of ether oxygens (including phenoxy) is 4. The predicted octanol–water partition coefficient (Wildman–Crippen LogP) is 8.63. The van der Waals surface area contributed by atoms with Crippen molar-refractivity contribution in [2.75, 3.05) is 13.7 Å². The first-order valence-electron chi connectivity index (χ1n) is 13.2. The molecule has 0 fully saturated rings. The highest BCUT2D eigenvalue weighted by atomic mass is 35.5. The van der Waals surface area contributed by atoms with Gasteiger partial charge >= 0.3 is 5.97 Å². The van der Waals surface area contributed by atoms with Gasteiger partial charge in [-0.1, -0.05) is 52.7 Å². The molecule has 0 spiro atoms. The van der Waals surface area contributed by atoms with Crippen LogP contribution in [-0.4, -0.2) is 24.3 Å². The van der Waals surface area contributed by atoms with Gasteiger partial charge in [0, 0.05) is 31.5 Å². The maximum Gasteiger partial charge on any atom is 0.338 e. The Bertz CT molecular complexity index is 1790. The summed E-state index contributed by atoms with van der Waals surface area (Å²) in [6, 6.07) is 26.6. The lowest BCUT2D eigenvalue weighted by atomic mass is 10.1. The summed E-state index contributed by atoms with van der Waals surface area (Å²) in [5.74, 6) is 7.77. The summed E-state index contributed by atoms with van der Waals surface area (Å²) in [5, 5.41) is 2.55. The highest BCUT2D eigenvalue weighted by molar-refractivity contribution is 6.31. The van der Waals surface area contributed by atoms with E-state index >= 15 is 0 Å². The van der Waals surface area contributed by atoms with E-state index < -0.39 is 5.97 Å². The number of benzene rings is 4. The Morgan fingerprint density at radius 1 is 0.744 bits per heavy atom. The first-order valence-corrected chi connectivity index (χ1v) is 14.4. The van der Waals surface area contributed by atoms with E-state index in [0.29, 0.717) is 44.4 Å². The summed E-state index contributed by atoms with van der Waals surface area (Å²) >= 11 is 18.1. The third kappa shape index (κ3) is 7.77. The SMILES string of the molecule is COc1ccc2c(c1)c(COC(=O)c1cccc(Cl)c1)c(COc1ccc(Cl)cc1)n2CC#CCOc1ccc(Cl)cc1. The second kappa shape index (κ2) is 14.3. The number of carbonyl (C=O) groups is 1. The van der Waals surface area contributed by atoms with Crippen LogP contribution in [0.4, 0.5) is 0 Å². The molecule has 1 heterocycles. The smallest absolute Gasteiger partial charge is 0.338 e. The largest absolute Gasteiger partial charge is 0.497 e. The lowest BCUT2D eigenvalue weighted by molar-refractivity contribution is 0.0472. The summed E-state index contributed by atoms with van der Waals surface area (Å²) in [4.78, 5) is 12.9. The van der Waals surface area contributed by atoms with Gasteiger partial charge in [-0.15, -0.1) is 0 Å². The highest BCUT2D eigenvalue weighted by Gasteiger charge is 2.20. The van der Waals surface area contributed by atoms with Crippen molar-refractivity contribution in [1.82, 2.24) is 4.57 Å². The van der Waals surface area contributed by atoms with Crippen LogP contribution in [0, 0.1) is 11.8 Å². The number of hydrogen-bond acceptors (Lipinski definition) is 5. The van der Waals surface area contributed by atoms with Crippen LogP contribution in [-0.2, 0) is 24.5 Å². The minimum atomic E-state index is -0.491. The van der Waals surface area contributed by atoms with E-state index in [-0.39, 0.29) is 19.8 Å². The molecule has 0 saturated heterocycles. The van der Waals surface area contributed by atoms with Crippen molar-refractivity contribution >= 4 is 51.7 Å². The van der Waals surface area contributed by atoms with Gasteiger partial charge in [-0.05, 0) is 84.9 Å². The zero-order valence-corrected chi connectivity index (χ0v) is 25.4. The topological polar surface area (TPSA) is 58.9 Å². The molecule has 218 valence electrons. The average molecular weight is 635 g/mol. The molecule has 0 atom stereocenters. The van der Waals surface area contributed by atoms with E-state index in [1.54, 1.807) is 79.9 Å². The van der Waals surface area contributed by atoms with Crippen LogP contribution in [0.1, 0.15) is 21.6 Å². The normalized spacial score (nSPS) is 10.6. The molecule has 5 aromatic rings. The number of methoxy groups -OCH3 is 1. The molecule has 0 aliphatic rings. The van der Waals surface area contributed by atoms with Crippen molar-refractivity contribution in [2.45, 2.75) is 19.8 Å². The van der Waals surface area contributed by atoms with E-state index in [1.165, 1.54) is 0 Å². The quantitative estimate of drug-likeness (QED) is 0.114. The maximum absolute atomic E-state index is 12.9. The molecule has 6 nitrogen and oxygen atoms in total. The number of esters is 1. The van der Waals surface area contributed by atoms with Gasteiger partial charge in [-0.2, -0.15) is 0 Å². The number of nitrogens with zero attached hydrogens (tertiary/aromatic N) is 1. The van der Waals surface area contributed by atoms with Crippen molar-refractivity contribution in [3.63, 3.8) is 0 Å². The van der Waals surface area contributed by atoms with E-state index in [4.69, 9.17) is 53.8 Å². The molecule has 0 amide bonds. The molecule has 1 aromatic heterocycles. The minimum absolute atomic E-state index is 0.00552. The summed E-state index contributed by atoms with van der Waals surface area (Å²) in [5.41, 5.74) is 2.82. The van der Waals surface area contributed by atoms with E-state index in [2.05, 4.69) is 11.8 Å². The Morgan fingerprint density at radius 2 is 1.42 bits per heavy atom. The van der Waals surface area contributed by atoms with Crippen molar-refractivity contribution in [1.29, 1.82) is 0 Å².